The molecule has 0 unspecified atom stereocenters. The standard InChI is InChI=1S/C10H16N2O2/c1-10(5-3-2-4-6-10)12-7-8(13)11-9(12)14/h2-7H2,1H3,(H,11,13,14). The van der Waals surface area contributed by atoms with Crippen LogP contribution in [0.2, 0.25) is 0 Å². The summed E-state index contributed by atoms with van der Waals surface area (Å²) in [4.78, 5) is 24.3. The van der Waals surface area contributed by atoms with Crippen LogP contribution in [0.5, 0.6) is 0 Å². The Morgan fingerprint density at radius 2 is 1.86 bits per heavy atom. The smallest absolute Gasteiger partial charge is 0.310 e. The Labute approximate surface area is 83.6 Å². The van der Waals surface area contributed by atoms with Gasteiger partial charge >= 0.3 is 6.03 Å². The number of rotatable bonds is 1. The molecule has 2 rings (SSSR count). The van der Waals surface area contributed by atoms with Gasteiger partial charge in [0.25, 0.3) is 0 Å². The summed E-state index contributed by atoms with van der Waals surface area (Å²) in [5, 5.41) is 2.34. The zero-order valence-corrected chi connectivity index (χ0v) is 8.51. The van der Waals surface area contributed by atoms with E-state index < -0.39 is 0 Å². The Kier molecular flexibility index (Phi) is 2.21. The molecule has 0 aromatic rings. The number of hydrogen-bond donors (Lipinski definition) is 1. The summed E-state index contributed by atoms with van der Waals surface area (Å²) in [5.74, 6) is -0.165. The number of urea groups is 1. The number of imide groups is 1. The molecule has 4 heteroatoms. The predicted octanol–water partition coefficient (Wildman–Crippen LogP) is 1.26. The predicted molar refractivity (Wildman–Crippen MR) is 51.7 cm³/mol. The quantitative estimate of drug-likeness (QED) is 0.642. The van der Waals surface area contributed by atoms with Crippen molar-refractivity contribution in [2.24, 2.45) is 0 Å². The Balaban J connectivity index is 2.12. The minimum Gasteiger partial charge on any atom is -0.310 e. The zero-order chi connectivity index (χ0) is 10.2. The third-order valence-electron chi connectivity index (χ3n) is 3.38. The van der Waals surface area contributed by atoms with E-state index in [0.29, 0.717) is 0 Å². The molecule has 0 spiro atoms. The third-order valence-corrected chi connectivity index (χ3v) is 3.38. The van der Waals surface area contributed by atoms with Crippen molar-refractivity contribution >= 4 is 11.9 Å². The highest BCUT2D eigenvalue weighted by Gasteiger charge is 2.41. The van der Waals surface area contributed by atoms with Crippen molar-refractivity contribution in [3.05, 3.63) is 0 Å². The van der Waals surface area contributed by atoms with Crippen LogP contribution in [-0.2, 0) is 4.79 Å². The maximum atomic E-state index is 11.5. The molecule has 1 saturated carbocycles. The van der Waals surface area contributed by atoms with Crippen molar-refractivity contribution in [2.75, 3.05) is 6.54 Å². The number of carbonyl (C=O) groups excluding carboxylic acids is 2. The lowest BCUT2D eigenvalue weighted by Crippen LogP contribution is -2.49. The van der Waals surface area contributed by atoms with Crippen molar-refractivity contribution < 1.29 is 9.59 Å². The number of hydrogen-bond acceptors (Lipinski definition) is 2. The Morgan fingerprint density at radius 3 is 2.36 bits per heavy atom. The highest BCUT2D eigenvalue weighted by molar-refractivity contribution is 6.02. The highest BCUT2D eigenvalue weighted by Crippen LogP contribution is 2.34. The van der Waals surface area contributed by atoms with Crippen LogP contribution in [0.4, 0.5) is 4.79 Å². The van der Waals surface area contributed by atoms with Crippen molar-refractivity contribution in [1.29, 1.82) is 0 Å². The van der Waals surface area contributed by atoms with Gasteiger partial charge < -0.3 is 4.90 Å². The number of nitrogens with one attached hydrogen (secondary N) is 1. The van der Waals surface area contributed by atoms with E-state index in [-0.39, 0.29) is 24.0 Å². The summed E-state index contributed by atoms with van der Waals surface area (Å²) in [5.41, 5.74) is -0.0888. The summed E-state index contributed by atoms with van der Waals surface area (Å²) in [6.07, 6.45) is 5.61. The van der Waals surface area contributed by atoms with E-state index in [4.69, 9.17) is 0 Å². The fourth-order valence-corrected chi connectivity index (χ4v) is 2.46. The number of carbonyl (C=O) groups is 2. The molecule has 0 bridgehead atoms. The van der Waals surface area contributed by atoms with Crippen LogP contribution in [0.3, 0.4) is 0 Å². The topological polar surface area (TPSA) is 49.4 Å². The average Bonchev–Trinajstić information content (AvgIpc) is 2.47. The molecule has 78 valence electrons. The van der Waals surface area contributed by atoms with Gasteiger partial charge in [0.1, 0.15) is 6.54 Å². The molecule has 0 aromatic heterocycles. The van der Waals surface area contributed by atoms with Crippen molar-refractivity contribution in [1.82, 2.24) is 10.2 Å². The van der Waals surface area contributed by atoms with Gasteiger partial charge in [0.2, 0.25) is 5.91 Å². The molecule has 0 atom stereocenters. The first-order valence-electron chi connectivity index (χ1n) is 5.23. The van der Waals surface area contributed by atoms with Gasteiger partial charge in [-0.15, -0.1) is 0 Å². The molecule has 3 amide bonds. The molecule has 1 heterocycles. The van der Waals surface area contributed by atoms with Crippen molar-refractivity contribution in [3.63, 3.8) is 0 Å². The molecule has 0 radical (unpaired) electrons. The van der Waals surface area contributed by atoms with E-state index in [2.05, 4.69) is 12.2 Å². The molecule has 1 aliphatic heterocycles. The van der Waals surface area contributed by atoms with E-state index in [1.54, 1.807) is 4.90 Å². The summed E-state index contributed by atoms with van der Waals surface area (Å²) in [7, 11) is 0. The van der Waals surface area contributed by atoms with Crippen molar-refractivity contribution in [3.8, 4) is 0 Å². The summed E-state index contributed by atoms with van der Waals surface area (Å²) >= 11 is 0. The summed E-state index contributed by atoms with van der Waals surface area (Å²) < 4.78 is 0. The molecular weight excluding hydrogens is 180 g/mol. The van der Waals surface area contributed by atoms with Crippen molar-refractivity contribution in [2.45, 2.75) is 44.6 Å². The molecule has 14 heavy (non-hydrogen) atoms. The lowest BCUT2D eigenvalue weighted by atomic mass is 9.82. The third kappa shape index (κ3) is 1.49. The van der Waals surface area contributed by atoms with E-state index in [9.17, 15) is 9.59 Å². The number of amides is 3. The fraction of sp³-hybridized carbons (Fsp3) is 0.800. The second kappa shape index (κ2) is 3.26. The van der Waals surface area contributed by atoms with Crippen LogP contribution in [0.1, 0.15) is 39.0 Å². The average molecular weight is 196 g/mol. The van der Waals surface area contributed by atoms with Gasteiger partial charge in [0.05, 0.1) is 0 Å². The molecule has 2 fully saturated rings. The summed E-state index contributed by atoms with van der Waals surface area (Å²) in [6.45, 7) is 2.33. The Morgan fingerprint density at radius 1 is 1.21 bits per heavy atom. The minimum absolute atomic E-state index is 0.0888. The molecule has 0 aromatic carbocycles. The lowest BCUT2D eigenvalue weighted by molar-refractivity contribution is -0.119. The minimum atomic E-state index is -0.209. The Bertz CT molecular complexity index is 269. The van der Waals surface area contributed by atoms with E-state index in [1.165, 1.54) is 6.42 Å². The van der Waals surface area contributed by atoms with Gasteiger partial charge in [0, 0.05) is 5.54 Å². The van der Waals surface area contributed by atoms with Gasteiger partial charge in [-0.05, 0) is 19.8 Å². The van der Waals surface area contributed by atoms with Gasteiger partial charge in [-0.1, -0.05) is 19.3 Å². The maximum Gasteiger partial charge on any atom is 0.325 e. The molecule has 2 aliphatic rings. The fourth-order valence-electron chi connectivity index (χ4n) is 2.46. The zero-order valence-electron chi connectivity index (χ0n) is 8.51. The molecule has 1 aliphatic carbocycles. The van der Waals surface area contributed by atoms with E-state index >= 15 is 0 Å². The van der Waals surface area contributed by atoms with Crippen LogP contribution in [0.15, 0.2) is 0 Å². The summed E-state index contributed by atoms with van der Waals surface area (Å²) in [6, 6.07) is -0.209. The van der Waals surface area contributed by atoms with Crippen LogP contribution in [0, 0.1) is 0 Å². The van der Waals surface area contributed by atoms with Crippen LogP contribution in [0.25, 0.3) is 0 Å². The molecular formula is C10H16N2O2. The van der Waals surface area contributed by atoms with E-state index in [0.717, 1.165) is 25.7 Å². The van der Waals surface area contributed by atoms with Gasteiger partial charge in [-0.3, -0.25) is 10.1 Å². The first-order chi connectivity index (χ1) is 6.62. The van der Waals surface area contributed by atoms with E-state index in [1.807, 2.05) is 0 Å². The molecule has 1 N–H and O–H groups in total. The monoisotopic (exact) mass is 196 g/mol. The SMILES string of the molecule is CC1(N2CC(=O)NC2=O)CCCCC1. The lowest BCUT2D eigenvalue weighted by Gasteiger charge is -2.40. The second-order valence-corrected chi connectivity index (χ2v) is 4.50. The first-order valence-corrected chi connectivity index (χ1v) is 5.23. The van der Waals surface area contributed by atoms with Gasteiger partial charge in [-0.2, -0.15) is 0 Å². The highest BCUT2D eigenvalue weighted by atomic mass is 16.2. The molecule has 4 nitrogen and oxygen atoms in total. The first kappa shape index (κ1) is 9.49. The Hall–Kier alpha value is -1.06. The maximum absolute atomic E-state index is 11.5. The molecule has 1 saturated heterocycles. The van der Waals surface area contributed by atoms with Gasteiger partial charge in [-0.25, -0.2) is 4.79 Å². The van der Waals surface area contributed by atoms with Crippen LogP contribution in [-0.4, -0.2) is 28.9 Å². The van der Waals surface area contributed by atoms with Gasteiger partial charge in [0.15, 0.2) is 0 Å². The largest absolute Gasteiger partial charge is 0.325 e. The second-order valence-electron chi connectivity index (χ2n) is 4.50. The van der Waals surface area contributed by atoms with Crippen LogP contribution >= 0.6 is 0 Å². The van der Waals surface area contributed by atoms with Crippen LogP contribution < -0.4 is 5.32 Å². The number of nitrogens with zero attached hydrogens (tertiary/aromatic N) is 1. The normalized spacial score (nSPS) is 26.5.